The largest absolute Gasteiger partial charge is 0.398 e. The number of nitrogens with two attached hydrogens (primary N) is 1. The van der Waals surface area contributed by atoms with Gasteiger partial charge in [0.2, 0.25) is 0 Å². The molecule has 51 heavy (non-hydrogen) atoms. The lowest BCUT2D eigenvalue weighted by Gasteiger charge is -2.43. The van der Waals surface area contributed by atoms with Gasteiger partial charge < -0.3 is 10.6 Å². The number of ketones is 1. The van der Waals surface area contributed by atoms with Crippen LogP contribution in [0.2, 0.25) is 0 Å². The number of nitrogens with zero attached hydrogens (tertiary/aromatic N) is 5. The summed E-state index contributed by atoms with van der Waals surface area (Å²) in [6.45, 7) is 9.09. The van der Waals surface area contributed by atoms with E-state index < -0.39 is 17.0 Å². The third kappa shape index (κ3) is 6.74. The fourth-order valence-electron chi connectivity index (χ4n) is 8.46. The van der Waals surface area contributed by atoms with Crippen LogP contribution in [0.3, 0.4) is 0 Å². The van der Waals surface area contributed by atoms with Crippen LogP contribution in [0.5, 0.6) is 0 Å². The molecule has 3 atom stereocenters. The van der Waals surface area contributed by atoms with Crippen molar-refractivity contribution < 1.29 is 18.4 Å². The highest BCUT2D eigenvalue weighted by atomic mass is 19.3. The average Bonchev–Trinajstić information content (AvgIpc) is 3.76. The molecule has 4 heterocycles. The first-order chi connectivity index (χ1) is 24.4. The van der Waals surface area contributed by atoms with Crippen LogP contribution < -0.4 is 5.73 Å². The number of allylic oxidation sites excluding steroid dienone is 1. The smallest absolute Gasteiger partial charge is 0.287 e. The van der Waals surface area contributed by atoms with Gasteiger partial charge in [-0.05, 0) is 106 Å². The lowest BCUT2D eigenvalue weighted by atomic mass is 9.65. The number of hydrogen-bond donors (Lipinski definition) is 2. The van der Waals surface area contributed by atoms with Crippen molar-refractivity contribution in [2.24, 2.45) is 5.92 Å². The monoisotopic (exact) mass is 695 g/mol. The van der Waals surface area contributed by atoms with E-state index in [1.807, 2.05) is 11.8 Å². The zero-order valence-electron chi connectivity index (χ0n) is 29.7. The fourth-order valence-corrected chi connectivity index (χ4v) is 8.46. The molecule has 0 bridgehead atoms. The average molecular weight is 696 g/mol. The number of aromatic nitrogens is 5. The summed E-state index contributed by atoms with van der Waals surface area (Å²) in [5.74, 6) is -2.87. The van der Waals surface area contributed by atoms with Crippen LogP contribution in [0.4, 0.5) is 14.5 Å². The summed E-state index contributed by atoms with van der Waals surface area (Å²) in [6, 6.07) is 11.5. The molecular weight excluding hydrogens is 648 g/mol. The number of carbonyl (C=O) groups excluding carboxylic acids is 2. The summed E-state index contributed by atoms with van der Waals surface area (Å²) < 4.78 is 30.3. The molecule has 0 spiro atoms. The molecule has 7 rings (SSSR count). The molecule has 3 unspecified atom stereocenters. The van der Waals surface area contributed by atoms with E-state index in [2.05, 4.69) is 63.7 Å². The van der Waals surface area contributed by atoms with Gasteiger partial charge >= 0.3 is 0 Å². The number of amides is 1. The van der Waals surface area contributed by atoms with Gasteiger partial charge in [-0.1, -0.05) is 25.6 Å². The number of aryl methyl sites for hydroxylation is 2. The predicted molar refractivity (Wildman–Crippen MR) is 192 cm³/mol. The van der Waals surface area contributed by atoms with E-state index >= 15 is 0 Å². The Labute approximate surface area is 297 Å². The second-order valence-corrected chi connectivity index (χ2v) is 15.0. The van der Waals surface area contributed by atoms with Gasteiger partial charge in [0.25, 0.3) is 11.8 Å². The van der Waals surface area contributed by atoms with Gasteiger partial charge in [-0.2, -0.15) is 19.0 Å². The molecule has 0 radical (unpaired) electrons. The number of nitrogen functional groups attached to an aromatic ring is 1. The Morgan fingerprint density at radius 3 is 2.55 bits per heavy atom. The van der Waals surface area contributed by atoms with Crippen molar-refractivity contribution in [1.82, 2.24) is 29.9 Å². The molecule has 1 saturated carbocycles. The maximum absolute atomic E-state index is 14.4. The molecule has 3 aromatic heterocycles. The Hall–Kier alpha value is -4.67. The third-order valence-corrected chi connectivity index (χ3v) is 11.4. The van der Waals surface area contributed by atoms with Crippen molar-refractivity contribution in [3.63, 3.8) is 0 Å². The summed E-state index contributed by atoms with van der Waals surface area (Å²) in [7, 11) is 0. The number of pyridine rings is 1. The molecule has 9 nitrogen and oxygen atoms in total. The van der Waals surface area contributed by atoms with Gasteiger partial charge in [0.05, 0.1) is 34.4 Å². The first-order valence-electron chi connectivity index (χ1n) is 18.2. The zero-order valence-corrected chi connectivity index (χ0v) is 29.7. The van der Waals surface area contributed by atoms with Crippen LogP contribution >= 0.6 is 0 Å². The summed E-state index contributed by atoms with van der Waals surface area (Å²) in [4.78, 5) is 33.1. The van der Waals surface area contributed by atoms with Crippen molar-refractivity contribution in [1.29, 1.82) is 0 Å². The van der Waals surface area contributed by atoms with Crippen LogP contribution in [0.1, 0.15) is 127 Å². The third-order valence-electron chi connectivity index (χ3n) is 11.4. The lowest BCUT2D eigenvalue weighted by molar-refractivity contribution is -0.115. The Morgan fingerprint density at radius 2 is 1.92 bits per heavy atom. The number of carbonyl (C=O) groups is 2. The quantitative estimate of drug-likeness (QED) is 0.154. The second-order valence-electron chi connectivity index (χ2n) is 15.0. The molecule has 1 amide bonds. The number of aromatic amines is 1. The SMILES string of the molecule is C=CC(=O)CC1CCC2c3c(nn(-c4ccc(C5CC5)cc4)c3CCN2C(=O)c2cnc(C(C)(F)F)cc2N)C(CC)(CCc2cc(C)[nH]n2)C1. The van der Waals surface area contributed by atoms with E-state index in [0.29, 0.717) is 38.1 Å². The van der Waals surface area contributed by atoms with E-state index in [1.54, 1.807) is 0 Å². The van der Waals surface area contributed by atoms with Crippen molar-refractivity contribution in [3.8, 4) is 5.69 Å². The van der Waals surface area contributed by atoms with E-state index in [-0.39, 0.29) is 34.9 Å². The molecular formula is C40H47F2N7O2. The minimum absolute atomic E-state index is 0.000984. The number of H-pyrrole nitrogens is 1. The Balaban J connectivity index is 1.37. The number of alkyl halides is 2. The van der Waals surface area contributed by atoms with Gasteiger partial charge in [0.1, 0.15) is 5.69 Å². The topological polar surface area (TPSA) is 123 Å². The van der Waals surface area contributed by atoms with Gasteiger partial charge in [-0.25, -0.2) is 4.68 Å². The molecule has 3 N–H and O–H groups in total. The first kappa shape index (κ1) is 34.8. The van der Waals surface area contributed by atoms with E-state index in [4.69, 9.17) is 10.8 Å². The Kier molecular flexibility index (Phi) is 9.18. The van der Waals surface area contributed by atoms with Crippen LogP contribution in [0.25, 0.3) is 5.69 Å². The maximum Gasteiger partial charge on any atom is 0.287 e. The Morgan fingerprint density at radius 1 is 1.16 bits per heavy atom. The van der Waals surface area contributed by atoms with Crippen molar-refractivity contribution in [2.75, 3.05) is 12.3 Å². The maximum atomic E-state index is 14.4. The van der Waals surface area contributed by atoms with Gasteiger partial charge in [-0.15, -0.1) is 0 Å². The number of rotatable bonds is 11. The highest BCUT2D eigenvalue weighted by molar-refractivity contribution is 5.99. The number of nitrogens with one attached hydrogen (secondary N) is 1. The molecule has 0 saturated heterocycles. The van der Waals surface area contributed by atoms with Crippen LogP contribution in [0.15, 0.2) is 55.3 Å². The fraction of sp³-hybridized carbons (Fsp3) is 0.475. The molecule has 1 fully saturated rings. The summed E-state index contributed by atoms with van der Waals surface area (Å²) in [5.41, 5.74) is 12.9. The lowest BCUT2D eigenvalue weighted by Crippen LogP contribution is -2.43. The molecule has 1 aliphatic heterocycles. The van der Waals surface area contributed by atoms with Gasteiger partial charge in [0, 0.05) is 54.9 Å². The molecule has 11 heteroatoms. The highest BCUT2D eigenvalue weighted by Crippen LogP contribution is 2.50. The van der Waals surface area contributed by atoms with Crippen LogP contribution in [0, 0.1) is 12.8 Å². The summed E-state index contributed by atoms with van der Waals surface area (Å²) in [5, 5.41) is 13.1. The van der Waals surface area contributed by atoms with E-state index in [1.165, 1.54) is 30.7 Å². The minimum Gasteiger partial charge on any atom is -0.398 e. The predicted octanol–water partition coefficient (Wildman–Crippen LogP) is 7.84. The van der Waals surface area contributed by atoms with Gasteiger partial charge in [0.15, 0.2) is 5.78 Å². The number of benzene rings is 1. The molecule has 4 aromatic rings. The number of hydrogen-bond acceptors (Lipinski definition) is 6. The normalized spacial score (nSPS) is 21.9. The standard InChI is InChI=1S/C40H47F2N7O2/c1-5-30(50)20-25-7-14-33-36-34(16-18-48(33)38(51)31-23-44-35(21-32(31)43)39(4,41)42)49(29-12-10-27(11-13-29)26-8-9-26)47-37(36)40(6-2,22-25)17-15-28-19-24(3)45-46-28/h5,10-13,19,21,23,25-26,33H,1,6-9,14-18,20,22H2,2-4H3,(H2,43,44)(H,45,46). The highest BCUT2D eigenvalue weighted by Gasteiger charge is 2.46. The summed E-state index contributed by atoms with van der Waals surface area (Å²) >= 11 is 0. The molecule has 268 valence electrons. The van der Waals surface area contributed by atoms with Gasteiger partial charge in [-0.3, -0.25) is 19.7 Å². The van der Waals surface area contributed by atoms with Crippen LogP contribution in [-0.4, -0.2) is 48.1 Å². The molecule has 1 aromatic carbocycles. The van der Waals surface area contributed by atoms with E-state index in [9.17, 15) is 18.4 Å². The molecule has 2 aliphatic carbocycles. The number of anilines is 1. The zero-order chi connectivity index (χ0) is 36.1. The van der Waals surface area contributed by atoms with Crippen LogP contribution in [-0.2, 0) is 29.0 Å². The first-order valence-corrected chi connectivity index (χ1v) is 18.2. The Bertz CT molecular complexity index is 1960. The molecule has 3 aliphatic rings. The van der Waals surface area contributed by atoms with Crippen molar-refractivity contribution in [3.05, 3.63) is 100 Å². The van der Waals surface area contributed by atoms with Crippen molar-refractivity contribution >= 4 is 17.4 Å². The van der Waals surface area contributed by atoms with E-state index in [0.717, 1.165) is 72.7 Å². The van der Waals surface area contributed by atoms with Crippen molar-refractivity contribution in [2.45, 2.75) is 108 Å². The second kappa shape index (κ2) is 13.5. The minimum atomic E-state index is -3.19. The number of halogens is 2. The summed E-state index contributed by atoms with van der Waals surface area (Å²) in [6.07, 6.45) is 10.3.